The summed E-state index contributed by atoms with van der Waals surface area (Å²) in [6.07, 6.45) is 4.68. The van der Waals surface area contributed by atoms with Crippen LogP contribution in [0.4, 0.5) is 0 Å². The van der Waals surface area contributed by atoms with Crippen molar-refractivity contribution >= 4 is 11.9 Å². The number of carbonyl (C=O) groups excluding carboxylic acids is 2. The fourth-order valence-corrected chi connectivity index (χ4v) is 1.87. The third-order valence-electron chi connectivity index (χ3n) is 2.67. The lowest BCUT2D eigenvalue weighted by molar-refractivity contribution is -0.160. The quantitative estimate of drug-likeness (QED) is 0.400. The maximum atomic E-state index is 11.4. The van der Waals surface area contributed by atoms with Crippen molar-refractivity contribution in [2.45, 2.75) is 13.3 Å². The Morgan fingerprint density at radius 1 is 1.20 bits per heavy atom. The number of hydrogen-bond donors (Lipinski definition) is 0. The van der Waals surface area contributed by atoms with Crippen LogP contribution >= 0.6 is 0 Å². The minimum Gasteiger partial charge on any atom is -0.468 e. The standard InChI is InChI=1S/C11H16O4/c1-7-4-5-8(6-7)9(10(12)14-2)11(13)15-3/h4-5,7-9H,6H2,1-3H3/t7-,8+/m0/s1. The Morgan fingerprint density at radius 3 is 2.07 bits per heavy atom. The number of rotatable bonds is 3. The molecule has 0 amide bonds. The Labute approximate surface area is 89.2 Å². The molecule has 0 unspecified atom stereocenters. The molecule has 4 nitrogen and oxygen atoms in total. The molecule has 0 aromatic rings. The van der Waals surface area contributed by atoms with Crippen molar-refractivity contribution in [1.82, 2.24) is 0 Å². The summed E-state index contributed by atoms with van der Waals surface area (Å²) in [5, 5.41) is 0. The van der Waals surface area contributed by atoms with Gasteiger partial charge in [-0.3, -0.25) is 9.59 Å². The van der Waals surface area contributed by atoms with Crippen LogP contribution in [-0.4, -0.2) is 26.2 Å². The van der Waals surface area contributed by atoms with E-state index in [0.717, 1.165) is 6.42 Å². The Balaban J connectivity index is 2.77. The zero-order valence-corrected chi connectivity index (χ0v) is 9.23. The van der Waals surface area contributed by atoms with Gasteiger partial charge in [0.1, 0.15) is 0 Å². The first-order valence-electron chi connectivity index (χ1n) is 4.94. The molecule has 0 radical (unpaired) electrons. The van der Waals surface area contributed by atoms with Crippen LogP contribution in [0.15, 0.2) is 12.2 Å². The lowest BCUT2D eigenvalue weighted by atomic mass is 9.90. The molecule has 0 fully saturated rings. The summed E-state index contributed by atoms with van der Waals surface area (Å²) < 4.78 is 9.22. The molecule has 0 saturated heterocycles. The number of allylic oxidation sites excluding steroid dienone is 2. The van der Waals surface area contributed by atoms with Gasteiger partial charge < -0.3 is 9.47 Å². The predicted molar refractivity (Wildman–Crippen MR) is 53.9 cm³/mol. The van der Waals surface area contributed by atoms with Crippen molar-refractivity contribution in [3.63, 3.8) is 0 Å². The molecule has 0 aromatic heterocycles. The van der Waals surface area contributed by atoms with E-state index in [1.807, 2.05) is 19.1 Å². The molecule has 84 valence electrons. The first-order chi connectivity index (χ1) is 7.10. The van der Waals surface area contributed by atoms with E-state index in [1.54, 1.807) is 0 Å². The number of ether oxygens (including phenoxy) is 2. The van der Waals surface area contributed by atoms with Crippen LogP contribution in [0.5, 0.6) is 0 Å². The molecule has 0 bridgehead atoms. The van der Waals surface area contributed by atoms with Crippen molar-refractivity contribution < 1.29 is 19.1 Å². The van der Waals surface area contributed by atoms with Crippen LogP contribution in [0.25, 0.3) is 0 Å². The molecular weight excluding hydrogens is 196 g/mol. The van der Waals surface area contributed by atoms with Crippen LogP contribution in [0.1, 0.15) is 13.3 Å². The zero-order valence-electron chi connectivity index (χ0n) is 9.23. The van der Waals surface area contributed by atoms with E-state index >= 15 is 0 Å². The van der Waals surface area contributed by atoms with Crippen molar-refractivity contribution in [1.29, 1.82) is 0 Å². The smallest absolute Gasteiger partial charge is 0.320 e. The van der Waals surface area contributed by atoms with E-state index in [2.05, 4.69) is 9.47 Å². The molecule has 4 heteroatoms. The number of methoxy groups -OCH3 is 2. The number of esters is 2. The Morgan fingerprint density at radius 2 is 1.73 bits per heavy atom. The number of hydrogen-bond acceptors (Lipinski definition) is 4. The van der Waals surface area contributed by atoms with Gasteiger partial charge >= 0.3 is 11.9 Å². The molecule has 1 aliphatic carbocycles. The fraction of sp³-hybridized carbons (Fsp3) is 0.636. The summed E-state index contributed by atoms with van der Waals surface area (Å²) in [4.78, 5) is 22.9. The van der Waals surface area contributed by atoms with Crippen LogP contribution < -0.4 is 0 Å². The second-order valence-electron chi connectivity index (χ2n) is 3.79. The van der Waals surface area contributed by atoms with Crippen LogP contribution in [-0.2, 0) is 19.1 Å². The highest BCUT2D eigenvalue weighted by Crippen LogP contribution is 2.30. The minimum atomic E-state index is -0.818. The lowest BCUT2D eigenvalue weighted by Crippen LogP contribution is -2.32. The van der Waals surface area contributed by atoms with E-state index < -0.39 is 17.9 Å². The van der Waals surface area contributed by atoms with Crippen molar-refractivity contribution in [3.8, 4) is 0 Å². The highest BCUT2D eigenvalue weighted by Gasteiger charge is 2.37. The molecule has 0 N–H and O–H groups in total. The Kier molecular flexibility index (Phi) is 3.88. The van der Waals surface area contributed by atoms with E-state index in [-0.39, 0.29) is 5.92 Å². The van der Waals surface area contributed by atoms with Gasteiger partial charge in [-0.05, 0) is 12.3 Å². The summed E-state index contributed by atoms with van der Waals surface area (Å²) >= 11 is 0. The first kappa shape index (κ1) is 11.8. The van der Waals surface area contributed by atoms with Gasteiger partial charge in [-0.15, -0.1) is 0 Å². The summed E-state index contributed by atoms with van der Waals surface area (Å²) in [5.74, 6) is -1.57. The highest BCUT2D eigenvalue weighted by molar-refractivity contribution is 5.95. The van der Waals surface area contributed by atoms with Gasteiger partial charge in [-0.1, -0.05) is 19.1 Å². The average Bonchev–Trinajstić information content (AvgIpc) is 2.64. The van der Waals surface area contributed by atoms with E-state index in [4.69, 9.17) is 0 Å². The Bertz CT molecular complexity index is 266. The minimum absolute atomic E-state index is 0.0973. The van der Waals surface area contributed by atoms with E-state index in [1.165, 1.54) is 14.2 Å². The topological polar surface area (TPSA) is 52.6 Å². The monoisotopic (exact) mass is 212 g/mol. The summed E-state index contributed by atoms with van der Waals surface area (Å²) in [6.45, 7) is 2.04. The maximum absolute atomic E-state index is 11.4. The highest BCUT2D eigenvalue weighted by atomic mass is 16.5. The normalized spacial score (nSPS) is 24.3. The molecule has 2 atom stereocenters. The third kappa shape index (κ3) is 2.58. The van der Waals surface area contributed by atoms with Gasteiger partial charge in [0.05, 0.1) is 14.2 Å². The zero-order chi connectivity index (χ0) is 11.4. The van der Waals surface area contributed by atoms with Crippen LogP contribution in [0.2, 0.25) is 0 Å². The van der Waals surface area contributed by atoms with Gasteiger partial charge in [0.15, 0.2) is 5.92 Å². The van der Waals surface area contributed by atoms with Gasteiger partial charge in [0.25, 0.3) is 0 Å². The van der Waals surface area contributed by atoms with E-state index in [0.29, 0.717) is 5.92 Å². The summed E-state index contributed by atoms with van der Waals surface area (Å²) in [7, 11) is 2.56. The Hall–Kier alpha value is -1.32. The number of carbonyl (C=O) groups is 2. The van der Waals surface area contributed by atoms with Gasteiger partial charge in [-0.2, -0.15) is 0 Å². The molecule has 0 aliphatic heterocycles. The molecule has 0 aromatic carbocycles. The lowest BCUT2D eigenvalue weighted by Gasteiger charge is -2.17. The van der Waals surface area contributed by atoms with Gasteiger partial charge in [-0.25, -0.2) is 0 Å². The molecule has 1 aliphatic rings. The SMILES string of the molecule is COC(=O)C(C(=O)OC)[C@@H]1C=C[C@H](C)C1. The molecule has 15 heavy (non-hydrogen) atoms. The second-order valence-corrected chi connectivity index (χ2v) is 3.79. The molecule has 1 rings (SSSR count). The first-order valence-corrected chi connectivity index (χ1v) is 4.94. The summed E-state index contributed by atoms with van der Waals surface area (Å²) in [6, 6.07) is 0. The average molecular weight is 212 g/mol. The molecule has 0 saturated carbocycles. The predicted octanol–water partition coefficient (Wildman–Crippen LogP) is 1.16. The largest absolute Gasteiger partial charge is 0.468 e. The van der Waals surface area contributed by atoms with Crippen LogP contribution in [0, 0.1) is 17.8 Å². The second kappa shape index (κ2) is 4.96. The fourth-order valence-electron chi connectivity index (χ4n) is 1.87. The van der Waals surface area contributed by atoms with Gasteiger partial charge in [0.2, 0.25) is 0 Å². The van der Waals surface area contributed by atoms with E-state index in [9.17, 15) is 9.59 Å². The van der Waals surface area contributed by atoms with Crippen molar-refractivity contribution in [2.75, 3.05) is 14.2 Å². The van der Waals surface area contributed by atoms with Crippen LogP contribution in [0.3, 0.4) is 0 Å². The van der Waals surface area contributed by atoms with Crippen molar-refractivity contribution in [2.24, 2.45) is 17.8 Å². The molecule has 0 spiro atoms. The third-order valence-corrected chi connectivity index (χ3v) is 2.67. The van der Waals surface area contributed by atoms with Crippen molar-refractivity contribution in [3.05, 3.63) is 12.2 Å². The summed E-state index contributed by atoms with van der Waals surface area (Å²) in [5.41, 5.74) is 0. The molecule has 0 heterocycles. The molecular formula is C11H16O4. The van der Waals surface area contributed by atoms with Gasteiger partial charge in [0, 0.05) is 5.92 Å². The maximum Gasteiger partial charge on any atom is 0.320 e.